The van der Waals surface area contributed by atoms with E-state index in [0.717, 1.165) is 33.5 Å². The highest BCUT2D eigenvalue weighted by molar-refractivity contribution is 6.34. The summed E-state index contributed by atoms with van der Waals surface area (Å²) in [4.78, 5) is 16.8. The van der Waals surface area contributed by atoms with Gasteiger partial charge in [-0.1, -0.05) is 68.4 Å². The molecule has 1 atom stereocenters. The molecule has 5 rings (SSSR count). The number of nitrogens with zero attached hydrogens (tertiary/aromatic N) is 5. The highest BCUT2D eigenvalue weighted by Gasteiger charge is 2.27. The van der Waals surface area contributed by atoms with Crippen LogP contribution in [0.5, 0.6) is 0 Å². The molecule has 2 aromatic heterocycles. The number of aliphatic hydroxyl groups excluding tert-OH is 1. The average Bonchev–Trinajstić information content (AvgIpc) is 2.96. The van der Waals surface area contributed by atoms with Crippen molar-refractivity contribution in [2.45, 2.75) is 32.5 Å². The van der Waals surface area contributed by atoms with Gasteiger partial charge in [0.15, 0.2) is 0 Å². The Hall–Kier alpha value is -3.36. The van der Waals surface area contributed by atoms with E-state index in [1.807, 2.05) is 31.1 Å². The van der Waals surface area contributed by atoms with E-state index < -0.39 is 6.23 Å². The van der Waals surface area contributed by atoms with E-state index in [1.165, 1.54) is 11.6 Å². The molecule has 6 nitrogen and oxygen atoms in total. The monoisotopic (exact) mass is 573 g/mol. The molecule has 214 valence electrons. The van der Waals surface area contributed by atoms with Gasteiger partial charge in [-0.25, -0.2) is 14.4 Å². The Kier molecular flexibility index (Phi) is 8.71. The number of hydrogen-bond acceptors (Lipinski definition) is 6. The summed E-state index contributed by atoms with van der Waals surface area (Å²) in [5, 5.41) is 11.5. The minimum atomic E-state index is -0.680. The van der Waals surface area contributed by atoms with Gasteiger partial charge in [0.1, 0.15) is 17.9 Å². The quantitative estimate of drug-likeness (QED) is 0.241. The highest BCUT2D eigenvalue weighted by Crippen LogP contribution is 2.42. The first kappa shape index (κ1) is 29.1. The smallest absolute Gasteiger partial charge is 0.138 e. The van der Waals surface area contributed by atoms with Gasteiger partial charge in [0.05, 0.1) is 21.9 Å². The summed E-state index contributed by atoms with van der Waals surface area (Å²) in [5.74, 6) is 0.700. The second kappa shape index (κ2) is 12.2. The standard InChI is InChI=1S/C33H37ClFN5O/c1-6-29(41)39-15-17-40(18-16-39)33-25-19-26(34)31(24-13-9-10-14-27(24)35)37-32(25)30(28(36-33)20-38(4)5)23-12-8-7-11-22(23)21(2)3/h6-14,19,21,29,41H,1,15-18,20H2,2-5H3. The Morgan fingerprint density at radius 3 is 2.32 bits per heavy atom. The van der Waals surface area contributed by atoms with Crippen LogP contribution in [0.15, 0.2) is 67.3 Å². The Labute approximate surface area is 246 Å². The number of benzene rings is 2. The summed E-state index contributed by atoms with van der Waals surface area (Å²) in [5.41, 5.74) is 5.62. The van der Waals surface area contributed by atoms with E-state index in [-0.39, 0.29) is 11.7 Å². The van der Waals surface area contributed by atoms with Crippen molar-refractivity contribution in [1.82, 2.24) is 19.8 Å². The van der Waals surface area contributed by atoms with Gasteiger partial charge in [0.25, 0.3) is 0 Å². The molecule has 1 saturated heterocycles. The van der Waals surface area contributed by atoms with E-state index >= 15 is 4.39 Å². The van der Waals surface area contributed by atoms with Gasteiger partial charge >= 0.3 is 0 Å². The molecular formula is C33H37ClFN5O. The Morgan fingerprint density at radius 2 is 1.68 bits per heavy atom. The third-order valence-corrected chi connectivity index (χ3v) is 7.92. The van der Waals surface area contributed by atoms with Gasteiger partial charge in [-0.15, -0.1) is 0 Å². The lowest BCUT2D eigenvalue weighted by Gasteiger charge is -2.37. The summed E-state index contributed by atoms with van der Waals surface area (Å²) in [6.45, 7) is 11.3. The topological polar surface area (TPSA) is 55.7 Å². The lowest BCUT2D eigenvalue weighted by Crippen LogP contribution is -2.50. The molecular weight excluding hydrogens is 537 g/mol. The zero-order valence-corrected chi connectivity index (χ0v) is 24.9. The van der Waals surface area contributed by atoms with Crippen LogP contribution in [0.2, 0.25) is 5.02 Å². The zero-order valence-electron chi connectivity index (χ0n) is 24.1. The number of pyridine rings is 2. The van der Waals surface area contributed by atoms with E-state index in [2.05, 4.69) is 48.4 Å². The molecule has 3 heterocycles. The predicted molar refractivity (Wildman–Crippen MR) is 167 cm³/mol. The maximum Gasteiger partial charge on any atom is 0.138 e. The van der Waals surface area contributed by atoms with Crippen LogP contribution in [0.3, 0.4) is 0 Å². The largest absolute Gasteiger partial charge is 0.375 e. The number of piperazine rings is 1. The van der Waals surface area contributed by atoms with E-state index in [0.29, 0.717) is 49.0 Å². The summed E-state index contributed by atoms with van der Waals surface area (Å²) in [6, 6.07) is 16.9. The first-order chi connectivity index (χ1) is 19.7. The number of halogens is 2. The molecule has 0 spiro atoms. The van der Waals surface area contributed by atoms with Crippen LogP contribution >= 0.6 is 11.6 Å². The molecule has 1 aliphatic heterocycles. The van der Waals surface area contributed by atoms with Crippen LogP contribution in [0.4, 0.5) is 10.2 Å². The minimum Gasteiger partial charge on any atom is -0.375 e. The summed E-state index contributed by atoms with van der Waals surface area (Å²) < 4.78 is 15.0. The van der Waals surface area contributed by atoms with Crippen molar-refractivity contribution < 1.29 is 9.50 Å². The van der Waals surface area contributed by atoms with Crippen molar-refractivity contribution in [2.75, 3.05) is 45.2 Å². The van der Waals surface area contributed by atoms with Crippen LogP contribution in [-0.2, 0) is 6.54 Å². The van der Waals surface area contributed by atoms with Crippen LogP contribution in [0, 0.1) is 5.82 Å². The van der Waals surface area contributed by atoms with Gasteiger partial charge in [-0.05, 0) is 55.4 Å². The van der Waals surface area contributed by atoms with Gasteiger partial charge in [0.2, 0.25) is 0 Å². The third-order valence-electron chi connectivity index (χ3n) is 7.63. The maximum absolute atomic E-state index is 15.0. The Bertz CT molecular complexity index is 1570. The molecule has 41 heavy (non-hydrogen) atoms. The second-order valence-electron chi connectivity index (χ2n) is 11.1. The minimum absolute atomic E-state index is 0.274. The van der Waals surface area contributed by atoms with E-state index in [1.54, 1.807) is 24.3 Å². The fourth-order valence-corrected chi connectivity index (χ4v) is 5.84. The number of rotatable bonds is 8. The molecule has 0 bridgehead atoms. The Balaban J connectivity index is 1.81. The number of anilines is 1. The lowest BCUT2D eigenvalue weighted by molar-refractivity contribution is 0.0380. The number of hydrogen-bond donors (Lipinski definition) is 1. The van der Waals surface area contributed by atoms with Gasteiger partial charge in [0, 0.05) is 49.2 Å². The summed E-state index contributed by atoms with van der Waals surface area (Å²) in [6.07, 6.45) is 0.869. The van der Waals surface area contributed by atoms with Crippen molar-refractivity contribution in [3.8, 4) is 22.4 Å². The van der Waals surface area contributed by atoms with Gasteiger partial charge in [-0.3, -0.25) is 4.90 Å². The van der Waals surface area contributed by atoms with Crippen molar-refractivity contribution in [3.05, 3.63) is 89.3 Å². The fraction of sp³-hybridized carbons (Fsp3) is 0.333. The number of aromatic nitrogens is 2. The lowest BCUT2D eigenvalue weighted by atomic mass is 9.90. The zero-order chi connectivity index (χ0) is 29.3. The second-order valence-corrected chi connectivity index (χ2v) is 11.5. The third kappa shape index (κ3) is 5.86. The van der Waals surface area contributed by atoms with Crippen molar-refractivity contribution in [1.29, 1.82) is 0 Å². The van der Waals surface area contributed by atoms with Gasteiger partial charge < -0.3 is 14.9 Å². The van der Waals surface area contributed by atoms with Crippen molar-refractivity contribution >= 4 is 28.3 Å². The molecule has 1 fully saturated rings. The SMILES string of the molecule is C=CC(O)N1CCN(c2nc(CN(C)C)c(-c3ccccc3C(C)C)c3nc(-c4ccccc4F)c(Cl)cc23)CC1. The normalized spacial score (nSPS) is 15.2. The number of aliphatic hydroxyl groups is 1. The molecule has 4 aromatic rings. The molecule has 8 heteroatoms. The first-order valence-electron chi connectivity index (χ1n) is 14.0. The molecule has 2 aromatic carbocycles. The molecule has 0 aliphatic carbocycles. The predicted octanol–water partition coefficient (Wildman–Crippen LogP) is 6.57. The van der Waals surface area contributed by atoms with Crippen LogP contribution < -0.4 is 4.90 Å². The molecule has 0 saturated carbocycles. The Morgan fingerprint density at radius 1 is 1.02 bits per heavy atom. The van der Waals surface area contributed by atoms with E-state index in [4.69, 9.17) is 21.6 Å². The maximum atomic E-state index is 15.0. The van der Waals surface area contributed by atoms with Crippen molar-refractivity contribution in [2.24, 2.45) is 0 Å². The summed E-state index contributed by atoms with van der Waals surface area (Å²) >= 11 is 6.87. The van der Waals surface area contributed by atoms with Gasteiger partial charge in [-0.2, -0.15) is 0 Å². The van der Waals surface area contributed by atoms with Crippen LogP contribution in [0.25, 0.3) is 33.3 Å². The molecule has 0 amide bonds. The molecule has 0 radical (unpaired) electrons. The molecule has 1 unspecified atom stereocenters. The highest BCUT2D eigenvalue weighted by atomic mass is 35.5. The van der Waals surface area contributed by atoms with Crippen molar-refractivity contribution in [3.63, 3.8) is 0 Å². The summed E-state index contributed by atoms with van der Waals surface area (Å²) in [7, 11) is 4.05. The average molecular weight is 574 g/mol. The fourth-order valence-electron chi connectivity index (χ4n) is 5.59. The molecule has 1 aliphatic rings. The van der Waals surface area contributed by atoms with E-state index in [9.17, 15) is 5.11 Å². The van der Waals surface area contributed by atoms with Crippen LogP contribution in [-0.4, -0.2) is 71.4 Å². The number of fused-ring (bicyclic) bond motifs is 1. The first-order valence-corrected chi connectivity index (χ1v) is 14.4. The van der Waals surface area contributed by atoms with Crippen LogP contribution in [0.1, 0.15) is 31.0 Å². The molecule has 1 N–H and O–H groups in total.